The van der Waals surface area contributed by atoms with Gasteiger partial charge in [0.25, 0.3) is 5.78 Å². The molecule has 1 fully saturated rings. The molecule has 11 heteroatoms. The maximum Gasteiger partial charge on any atom is 0.350 e. The van der Waals surface area contributed by atoms with Crippen molar-refractivity contribution in [2.45, 2.75) is 19.9 Å². The molecule has 1 aromatic heterocycles. The van der Waals surface area contributed by atoms with Crippen molar-refractivity contribution in [3.63, 3.8) is 0 Å². The molecule has 2 heterocycles. The van der Waals surface area contributed by atoms with E-state index in [9.17, 15) is 19.5 Å². The maximum atomic E-state index is 13.5. The van der Waals surface area contributed by atoms with Crippen molar-refractivity contribution in [2.75, 3.05) is 33.3 Å². The summed E-state index contributed by atoms with van der Waals surface area (Å²) in [6.07, 6.45) is 0. The van der Waals surface area contributed by atoms with Gasteiger partial charge in [-0.05, 0) is 49.7 Å². The van der Waals surface area contributed by atoms with Crippen LogP contribution in [-0.2, 0) is 14.3 Å². The summed E-state index contributed by atoms with van der Waals surface area (Å²) in [7, 11) is 5.71. The van der Waals surface area contributed by atoms with Gasteiger partial charge in [-0.2, -0.15) is 0 Å². The lowest BCUT2D eigenvalue weighted by molar-refractivity contribution is -0.132. The van der Waals surface area contributed by atoms with E-state index in [-0.39, 0.29) is 21.3 Å². The van der Waals surface area contributed by atoms with Crippen LogP contribution in [0, 0.1) is 13.8 Å². The van der Waals surface area contributed by atoms with Crippen molar-refractivity contribution in [1.29, 1.82) is 0 Å². The first-order valence-electron chi connectivity index (χ1n) is 11.4. The zero-order valence-corrected chi connectivity index (χ0v) is 22.5. The third-order valence-electron chi connectivity index (χ3n) is 6.23. The number of aryl methyl sites for hydroxylation is 2. The highest BCUT2D eigenvalue weighted by atomic mass is 32.1. The minimum absolute atomic E-state index is 0.0957. The third kappa shape index (κ3) is 4.45. The minimum atomic E-state index is -1.12. The van der Waals surface area contributed by atoms with Crippen molar-refractivity contribution in [2.24, 2.45) is 0 Å². The van der Waals surface area contributed by atoms with Crippen LogP contribution in [0.3, 0.4) is 0 Å². The zero-order chi connectivity index (χ0) is 27.7. The molecule has 2 aromatic carbocycles. The number of carbonyl (C=O) groups is 3. The summed E-state index contributed by atoms with van der Waals surface area (Å²) in [6, 6.07) is 8.77. The zero-order valence-electron chi connectivity index (χ0n) is 21.6. The Kier molecular flexibility index (Phi) is 7.40. The van der Waals surface area contributed by atoms with E-state index in [0.29, 0.717) is 39.6 Å². The quantitative estimate of drug-likeness (QED) is 0.204. The predicted octanol–water partition coefficient (Wildman–Crippen LogP) is 4.20. The number of anilines is 1. The van der Waals surface area contributed by atoms with E-state index < -0.39 is 23.7 Å². The molecule has 1 N–H and O–H groups in total. The molecule has 0 bridgehead atoms. The second-order valence-electron chi connectivity index (χ2n) is 8.36. The van der Waals surface area contributed by atoms with E-state index >= 15 is 0 Å². The summed E-state index contributed by atoms with van der Waals surface area (Å²) in [5.74, 6) is -1.42. The molecular formula is C27H26N2O8S. The summed E-state index contributed by atoms with van der Waals surface area (Å²) in [5, 5.41) is 11.6. The number of aliphatic hydroxyl groups excluding tert-OH is 1. The summed E-state index contributed by atoms with van der Waals surface area (Å²) in [6.45, 7) is 3.36. The van der Waals surface area contributed by atoms with Gasteiger partial charge in [-0.3, -0.25) is 14.5 Å². The van der Waals surface area contributed by atoms with E-state index in [1.54, 1.807) is 50.2 Å². The molecule has 0 spiro atoms. The number of benzene rings is 2. The maximum absolute atomic E-state index is 13.5. The number of nitrogens with zero attached hydrogens (tertiary/aromatic N) is 2. The summed E-state index contributed by atoms with van der Waals surface area (Å²) >= 11 is 0.913. The highest BCUT2D eigenvalue weighted by molar-refractivity contribution is 7.17. The average Bonchev–Trinajstić information content (AvgIpc) is 3.43. The highest BCUT2D eigenvalue weighted by Crippen LogP contribution is 2.47. The molecule has 1 aliphatic heterocycles. The van der Waals surface area contributed by atoms with Gasteiger partial charge in [-0.25, -0.2) is 9.78 Å². The molecule has 4 rings (SSSR count). The molecule has 0 unspecified atom stereocenters. The van der Waals surface area contributed by atoms with Crippen LogP contribution in [0.15, 0.2) is 42.0 Å². The molecule has 1 saturated heterocycles. The Labute approximate surface area is 223 Å². The number of amides is 1. The van der Waals surface area contributed by atoms with Crippen LogP contribution in [0.5, 0.6) is 17.2 Å². The highest BCUT2D eigenvalue weighted by Gasteiger charge is 2.49. The van der Waals surface area contributed by atoms with Crippen LogP contribution in [0.25, 0.3) is 5.76 Å². The molecule has 0 saturated carbocycles. The fourth-order valence-corrected chi connectivity index (χ4v) is 5.32. The number of aromatic nitrogens is 1. The molecule has 10 nitrogen and oxygen atoms in total. The van der Waals surface area contributed by atoms with Gasteiger partial charge in [0.2, 0.25) is 0 Å². The van der Waals surface area contributed by atoms with Gasteiger partial charge in [-0.1, -0.05) is 11.3 Å². The minimum Gasteiger partial charge on any atom is -0.507 e. The second kappa shape index (κ2) is 10.5. The Balaban J connectivity index is 2.00. The van der Waals surface area contributed by atoms with Crippen LogP contribution in [0.1, 0.15) is 38.1 Å². The van der Waals surface area contributed by atoms with Gasteiger partial charge < -0.3 is 24.1 Å². The number of rotatable bonds is 7. The van der Waals surface area contributed by atoms with Crippen molar-refractivity contribution < 1.29 is 38.4 Å². The molecule has 3 aromatic rings. The van der Waals surface area contributed by atoms with Crippen molar-refractivity contribution in [3.05, 3.63) is 69.2 Å². The van der Waals surface area contributed by atoms with E-state index in [0.717, 1.165) is 11.3 Å². The molecule has 1 amide bonds. The number of aliphatic hydroxyl groups is 1. The number of hydrogen-bond acceptors (Lipinski definition) is 10. The second-order valence-corrected chi connectivity index (χ2v) is 9.34. The fraction of sp³-hybridized carbons (Fsp3) is 0.259. The summed E-state index contributed by atoms with van der Waals surface area (Å²) in [5.41, 5.74) is 1.58. The number of ether oxygens (including phenoxy) is 4. The lowest BCUT2D eigenvalue weighted by Gasteiger charge is -2.25. The van der Waals surface area contributed by atoms with Crippen LogP contribution in [0.4, 0.5) is 5.13 Å². The van der Waals surface area contributed by atoms with E-state index in [1.165, 1.54) is 33.3 Å². The average molecular weight is 539 g/mol. The number of Topliss-reactive ketones (excluding diaryl/α,β-unsaturated/α-hetero) is 1. The van der Waals surface area contributed by atoms with Gasteiger partial charge in [0.05, 0.1) is 39.7 Å². The topological polar surface area (TPSA) is 124 Å². The van der Waals surface area contributed by atoms with Crippen LogP contribution in [0.2, 0.25) is 0 Å². The standard InChI is InChI=1S/C27H26N2O8S/c1-13-11-15(34-3)7-9-17(13)22(30)20-21(18-10-8-16(35-4)12-19(18)36-5)29(25(32)23(20)31)27-28-14(2)24(38-27)26(33)37-6/h7-12,21,30H,1-6H3/b22-20+/t21-/m1/s1. The number of hydrogen-bond donors (Lipinski definition) is 1. The van der Waals surface area contributed by atoms with Gasteiger partial charge in [0, 0.05) is 17.2 Å². The Hall–Kier alpha value is -4.38. The number of carbonyl (C=O) groups excluding carboxylic acids is 3. The van der Waals surface area contributed by atoms with Gasteiger partial charge in [0.15, 0.2) is 5.13 Å². The lowest BCUT2D eigenvalue weighted by atomic mass is 9.93. The number of ketones is 1. The Morgan fingerprint density at radius 3 is 2.24 bits per heavy atom. The number of methoxy groups -OCH3 is 4. The predicted molar refractivity (Wildman–Crippen MR) is 140 cm³/mol. The molecule has 1 atom stereocenters. The molecule has 198 valence electrons. The Morgan fingerprint density at radius 2 is 1.63 bits per heavy atom. The number of esters is 1. The van der Waals surface area contributed by atoms with Crippen LogP contribution < -0.4 is 19.1 Å². The van der Waals surface area contributed by atoms with Crippen molar-refractivity contribution >= 4 is 39.9 Å². The van der Waals surface area contributed by atoms with E-state index in [2.05, 4.69) is 4.98 Å². The Morgan fingerprint density at radius 1 is 0.974 bits per heavy atom. The first kappa shape index (κ1) is 26.7. The molecule has 0 aliphatic carbocycles. The Bertz CT molecular complexity index is 1480. The van der Waals surface area contributed by atoms with E-state index in [1.807, 2.05) is 0 Å². The smallest absolute Gasteiger partial charge is 0.350 e. The summed E-state index contributed by atoms with van der Waals surface area (Å²) < 4.78 is 21.0. The van der Waals surface area contributed by atoms with E-state index in [4.69, 9.17) is 18.9 Å². The van der Waals surface area contributed by atoms with Crippen LogP contribution >= 0.6 is 11.3 Å². The first-order chi connectivity index (χ1) is 18.2. The number of thiazole rings is 1. The normalized spacial score (nSPS) is 16.5. The van der Waals surface area contributed by atoms with Gasteiger partial charge in [-0.15, -0.1) is 0 Å². The third-order valence-corrected chi connectivity index (χ3v) is 7.37. The first-order valence-corrected chi connectivity index (χ1v) is 12.2. The lowest BCUT2D eigenvalue weighted by Crippen LogP contribution is -2.29. The summed E-state index contributed by atoms with van der Waals surface area (Å²) in [4.78, 5) is 45.0. The van der Waals surface area contributed by atoms with Gasteiger partial charge >= 0.3 is 11.9 Å². The largest absolute Gasteiger partial charge is 0.507 e. The molecule has 38 heavy (non-hydrogen) atoms. The van der Waals surface area contributed by atoms with Gasteiger partial charge in [0.1, 0.15) is 33.9 Å². The fourth-order valence-electron chi connectivity index (χ4n) is 4.31. The van der Waals surface area contributed by atoms with Crippen molar-refractivity contribution in [1.82, 2.24) is 4.98 Å². The van der Waals surface area contributed by atoms with Crippen molar-refractivity contribution in [3.8, 4) is 17.2 Å². The SMILES string of the molecule is COC(=O)c1sc(N2C(=O)C(=O)/C(=C(/O)c3ccc(OC)cc3C)[C@H]2c2ccc(OC)cc2OC)nc1C. The molecular weight excluding hydrogens is 512 g/mol. The molecule has 0 radical (unpaired) electrons. The molecule has 1 aliphatic rings. The van der Waals surface area contributed by atoms with Crippen LogP contribution in [-0.4, -0.2) is 56.2 Å². The monoisotopic (exact) mass is 538 g/mol.